The van der Waals surface area contributed by atoms with Crippen molar-refractivity contribution >= 4 is 5.78 Å². The van der Waals surface area contributed by atoms with Crippen molar-refractivity contribution in [2.75, 3.05) is 19.6 Å². The molecular formula is C25H39N5O2. The number of phenolic OH excluding ortho intramolecular Hbond substituents is 1. The summed E-state index contributed by atoms with van der Waals surface area (Å²) >= 11 is 0. The molecule has 1 aliphatic rings. The number of carbonyl (C=O) groups is 1. The Morgan fingerprint density at radius 2 is 1.56 bits per heavy atom. The quantitative estimate of drug-likeness (QED) is 0.667. The molecule has 176 valence electrons. The zero-order valence-electron chi connectivity index (χ0n) is 20.5. The second kappa shape index (κ2) is 9.22. The van der Waals surface area contributed by atoms with Gasteiger partial charge in [0.2, 0.25) is 5.62 Å². The molecular weight excluding hydrogens is 402 g/mol. The number of nitrogens with one attached hydrogen (secondary N) is 1. The van der Waals surface area contributed by atoms with Crippen LogP contribution in [-0.4, -0.2) is 49.8 Å². The van der Waals surface area contributed by atoms with Gasteiger partial charge in [-0.2, -0.15) is 5.10 Å². The van der Waals surface area contributed by atoms with Crippen LogP contribution < -0.4 is 5.62 Å². The van der Waals surface area contributed by atoms with Gasteiger partial charge in [0.15, 0.2) is 5.78 Å². The van der Waals surface area contributed by atoms with Crippen molar-refractivity contribution in [3.63, 3.8) is 0 Å². The van der Waals surface area contributed by atoms with E-state index in [0.717, 1.165) is 30.8 Å². The first-order chi connectivity index (χ1) is 14.9. The highest BCUT2D eigenvalue weighted by molar-refractivity contribution is 5.96. The van der Waals surface area contributed by atoms with Gasteiger partial charge in [0.25, 0.3) is 0 Å². The molecule has 0 aliphatic carbocycles. The lowest BCUT2D eigenvalue weighted by atomic mass is 9.78. The summed E-state index contributed by atoms with van der Waals surface area (Å²) in [6.45, 7) is 16.0. The topological polar surface area (TPSA) is 87.1 Å². The molecule has 0 spiro atoms. The number of likely N-dealkylation sites (tertiary alicyclic amines) is 1. The van der Waals surface area contributed by atoms with Gasteiger partial charge in [0.1, 0.15) is 18.6 Å². The SMILES string of the molecule is CC(C)(C)c1cc(C(=O)Cn2ncn(CCN3CCCCC3)c2=N)cc(C(C)(C)C)c1O. The van der Waals surface area contributed by atoms with Crippen molar-refractivity contribution in [1.29, 1.82) is 5.41 Å². The highest BCUT2D eigenvalue weighted by Gasteiger charge is 2.28. The molecule has 7 heteroatoms. The lowest BCUT2D eigenvalue weighted by molar-refractivity contribution is 0.0965. The van der Waals surface area contributed by atoms with Crippen LogP contribution >= 0.6 is 0 Å². The maximum Gasteiger partial charge on any atom is 0.220 e. The second-order valence-electron chi connectivity index (χ2n) is 11.1. The van der Waals surface area contributed by atoms with E-state index in [2.05, 4.69) is 10.00 Å². The Labute approximate surface area is 191 Å². The van der Waals surface area contributed by atoms with Gasteiger partial charge in [0.05, 0.1) is 0 Å². The predicted molar refractivity (Wildman–Crippen MR) is 126 cm³/mol. The number of hydrogen-bond donors (Lipinski definition) is 2. The van der Waals surface area contributed by atoms with Crippen molar-refractivity contribution in [2.24, 2.45) is 0 Å². The Bertz CT molecular complexity index is 979. The number of hydrogen-bond acceptors (Lipinski definition) is 5. The molecule has 3 rings (SSSR count). The van der Waals surface area contributed by atoms with Crippen LogP contribution in [-0.2, 0) is 23.9 Å². The van der Waals surface area contributed by atoms with Crippen LogP contribution in [0.15, 0.2) is 18.5 Å². The lowest BCUT2D eigenvalue weighted by Gasteiger charge is -2.28. The van der Waals surface area contributed by atoms with Gasteiger partial charge in [0, 0.05) is 29.8 Å². The lowest BCUT2D eigenvalue weighted by Crippen LogP contribution is -2.35. The van der Waals surface area contributed by atoms with E-state index in [4.69, 9.17) is 5.41 Å². The van der Waals surface area contributed by atoms with E-state index in [1.54, 1.807) is 23.0 Å². The van der Waals surface area contributed by atoms with Crippen LogP contribution in [0, 0.1) is 5.41 Å². The van der Waals surface area contributed by atoms with E-state index in [-0.39, 0.29) is 34.5 Å². The third kappa shape index (κ3) is 5.49. The summed E-state index contributed by atoms with van der Waals surface area (Å²) in [4.78, 5) is 15.6. The molecule has 0 radical (unpaired) electrons. The first-order valence-corrected chi connectivity index (χ1v) is 11.7. The van der Waals surface area contributed by atoms with E-state index in [0.29, 0.717) is 12.1 Å². The molecule has 0 saturated carbocycles. The molecule has 7 nitrogen and oxygen atoms in total. The molecule has 1 aromatic heterocycles. The summed E-state index contributed by atoms with van der Waals surface area (Å²) in [5.74, 6) is 0.151. The number of piperidine rings is 1. The number of benzene rings is 1. The van der Waals surface area contributed by atoms with Gasteiger partial charge < -0.3 is 10.0 Å². The van der Waals surface area contributed by atoms with E-state index in [9.17, 15) is 9.90 Å². The van der Waals surface area contributed by atoms with Crippen molar-refractivity contribution in [3.8, 4) is 5.75 Å². The summed E-state index contributed by atoms with van der Waals surface area (Å²) in [7, 11) is 0. The monoisotopic (exact) mass is 441 g/mol. The molecule has 0 amide bonds. The Morgan fingerprint density at radius 1 is 1.00 bits per heavy atom. The van der Waals surface area contributed by atoms with Gasteiger partial charge in [-0.1, -0.05) is 48.0 Å². The average molecular weight is 442 g/mol. The third-order valence-corrected chi connectivity index (χ3v) is 6.29. The second-order valence-corrected chi connectivity index (χ2v) is 11.1. The summed E-state index contributed by atoms with van der Waals surface area (Å²) in [5, 5.41) is 23.7. The molecule has 0 bridgehead atoms. The number of aromatic nitrogens is 3. The molecule has 1 fully saturated rings. The fourth-order valence-corrected chi connectivity index (χ4v) is 4.26. The summed E-state index contributed by atoms with van der Waals surface area (Å²) in [5.41, 5.74) is 1.70. The number of Topliss-reactive ketones (excluding diaryl/α,β-unsaturated/α-hetero) is 1. The Balaban J connectivity index is 1.81. The fourth-order valence-electron chi connectivity index (χ4n) is 4.26. The number of rotatable bonds is 6. The van der Waals surface area contributed by atoms with Crippen LogP contribution in [0.2, 0.25) is 0 Å². The number of carbonyl (C=O) groups excluding carboxylic acids is 1. The van der Waals surface area contributed by atoms with E-state index in [1.807, 2.05) is 41.5 Å². The minimum absolute atomic E-state index is 0.00743. The minimum atomic E-state index is -0.301. The molecule has 0 unspecified atom stereocenters. The molecule has 2 aromatic rings. The van der Waals surface area contributed by atoms with Gasteiger partial charge in [-0.15, -0.1) is 0 Å². The van der Waals surface area contributed by atoms with Crippen molar-refractivity contribution in [1.82, 2.24) is 19.2 Å². The molecule has 32 heavy (non-hydrogen) atoms. The standard InChI is InChI=1S/C25H39N5O2/c1-24(2,3)19-14-18(15-20(22(19)32)25(4,5)6)21(31)16-30-23(26)29(17-27-30)13-12-28-10-8-7-9-11-28/h14-15,17,26,32H,7-13,16H2,1-6H3. The molecule has 1 saturated heterocycles. The van der Waals surface area contributed by atoms with Gasteiger partial charge in [-0.25, -0.2) is 4.68 Å². The van der Waals surface area contributed by atoms with Gasteiger partial charge in [-0.3, -0.25) is 14.8 Å². The fraction of sp³-hybridized carbons (Fsp3) is 0.640. The Kier molecular flexibility index (Phi) is 6.98. The van der Waals surface area contributed by atoms with Crippen LogP contribution in [0.3, 0.4) is 0 Å². The van der Waals surface area contributed by atoms with Crippen LogP contribution in [0.25, 0.3) is 0 Å². The maximum atomic E-state index is 13.2. The third-order valence-electron chi connectivity index (χ3n) is 6.29. The van der Waals surface area contributed by atoms with Crippen molar-refractivity contribution < 1.29 is 9.90 Å². The summed E-state index contributed by atoms with van der Waals surface area (Å²) < 4.78 is 3.26. The zero-order chi connectivity index (χ0) is 23.7. The number of ketones is 1. The number of phenols is 1. The van der Waals surface area contributed by atoms with Crippen LogP contribution in [0.1, 0.15) is 82.3 Å². The van der Waals surface area contributed by atoms with E-state index in [1.165, 1.54) is 23.9 Å². The highest BCUT2D eigenvalue weighted by atomic mass is 16.3. The van der Waals surface area contributed by atoms with Crippen LogP contribution in [0.5, 0.6) is 5.75 Å². The molecule has 0 atom stereocenters. The smallest absolute Gasteiger partial charge is 0.220 e. The minimum Gasteiger partial charge on any atom is -0.507 e. The Morgan fingerprint density at radius 3 is 2.09 bits per heavy atom. The van der Waals surface area contributed by atoms with E-state index >= 15 is 0 Å². The summed E-state index contributed by atoms with van der Waals surface area (Å²) in [6, 6.07) is 3.59. The number of nitrogens with zero attached hydrogens (tertiary/aromatic N) is 4. The Hall–Kier alpha value is -2.41. The molecule has 1 aliphatic heterocycles. The first-order valence-electron chi connectivity index (χ1n) is 11.7. The largest absolute Gasteiger partial charge is 0.507 e. The maximum absolute atomic E-state index is 13.2. The van der Waals surface area contributed by atoms with Crippen molar-refractivity contribution in [2.45, 2.75) is 84.7 Å². The normalized spacial score (nSPS) is 15.8. The van der Waals surface area contributed by atoms with E-state index < -0.39 is 0 Å². The highest BCUT2D eigenvalue weighted by Crippen LogP contribution is 2.39. The van der Waals surface area contributed by atoms with Crippen LogP contribution in [0.4, 0.5) is 0 Å². The van der Waals surface area contributed by atoms with Gasteiger partial charge >= 0.3 is 0 Å². The zero-order valence-corrected chi connectivity index (χ0v) is 20.5. The summed E-state index contributed by atoms with van der Waals surface area (Å²) in [6.07, 6.45) is 5.44. The number of aromatic hydroxyl groups is 1. The van der Waals surface area contributed by atoms with Gasteiger partial charge in [-0.05, 0) is 48.9 Å². The van der Waals surface area contributed by atoms with Crippen molar-refractivity contribution in [3.05, 3.63) is 40.8 Å². The predicted octanol–water partition coefficient (Wildman–Crippen LogP) is 3.83. The molecule has 1 aromatic carbocycles. The molecule has 2 N–H and O–H groups in total. The average Bonchev–Trinajstić information content (AvgIpc) is 3.05. The first kappa shape index (κ1) is 24.2. The molecule has 2 heterocycles.